The molecule has 4 atom stereocenters. The van der Waals surface area contributed by atoms with Gasteiger partial charge in [0.15, 0.2) is 0 Å². The minimum Gasteiger partial charge on any atom is -0.0880 e. The van der Waals surface area contributed by atoms with E-state index >= 15 is 0 Å². The van der Waals surface area contributed by atoms with E-state index in [0.29, 0.717) is 11.3 Å². The quantitative estimate of drug-likeness (QED) is 0.147. The summed E-state index contributed by atoms with van der Waals surface area (Å²) in [6.07, 6.45) is 2.24. The van der Waals surface area contributed by atoms with Gasteiger partial charge in [-0.1, -0.05) is 203 Å². The monoisotopic (exact) mass is 734 g/mol. The Kier molecular flexibility index (Phi) is 7.97. The van der Waals surface area contributed by atoms with Crippen LogP contribution in [0.1, 0.15) is 75.1 Å². The van der Waals surface area contributed by atoms with Crippen LogP contribution < -0.4 is 0 Å². The lowest BCUT2D eigenvalue weighted by atomic mass is 9.83. The fourth-order valence-corrected chi connectivity index (χ4v) is 17.3. The molecule has 2 heteroatoms. The summed E-state index contributed by atoms with van der Waals surface area (Å²) in [5, 5.41) is 11.1. The van der Waals surface area contributed by atoms with Gasteiger partial charge < -0.3 is 0 Å². The van der Waals surface area contributed by atoms with Crippen LogP contribution in [0.3, 0.4) is 0 Å². The van der Waals surface area contributed by atoms with Gasteiger partial charge in [0.25, 0.3) is 0 Å². The molecule has 0 N–H and O–H groups in total. The summed E-state index contributed by atoms with van der Waals surface area (Å²) in [6.45, 7) is 15.3. The predicted molar refractivity (Wildman–Crippen MR) is 240 cm³/mol. The molecular formula is C52H48P2. The third kappa shape index (κ3) is 5.32. The Morgan fingerprint density at radius 2 is 0.648 bits per heavy atom. The summed E-state index contributed by atoms with van der Waals surface area (Å²) in [5.74, 6) is 0. The maximum atomic E-state index is 2.59. The number of benzene rings is 8. The summed E-state index contributed by atoms with van der Waals surface area (Å²) < 4.78 is 0. The molecule has 0 unspecified atom stereocenters. The first-order chi connectivity index (χ1) is 26.1. The number of fused-ring (bicyclic) bond motifs is 14. The Hall–Kier alpha value is -4.34. The van der Waals surface area contributed by atoms with Crippen molar-refractivity contribution in [2.75, 3.05) is 0 Å². The second kappa shape index (κ2) is 12.6. The Morgan fingerprint density at radius 3 is 0.981 bits per heavy atom. The summed E-state index contributed by atoms with van der Waals surface area (Å²) in [4.78, 5) is 0. The Labute approximate surface area is 323 Å². The second-order valence-electron chi connectivity index (χ2n) is 17.6. The van der Waals surface area contributed by atoms with Crippen LogP contribution in [-0.2, 0) is 12.3 Å². The lowest BCUT2D eigenvalue weighted by Gasteiger charge is -2.48. The van der Waals surface area contributed by atoms with Crippen LogP contribution in [0.2, 0.25) is 0 Å². The predicted octanol–water partition coefficient (Wildman–Crippen LogP) is 16.0. The smallest absolute Gasteiger partial charge is 0.0165 e. The molecule has 54 heavy (non-hydrogen) atoms. The molecule has 8 aromatic rings. The molecule has 8 aromatic carbocycles. The van der Waals surface area contributed by atoms with Gasteiger partial charge in [0, 0.05) is 11.3 Å². The van der Waals surface area contributed by atoms with Crippen LogP contribution in [0, 0.1) is 0 Å². The average molecular weight is 735 g/mol. The van der Waals surface area contributed by atoms with E-state index in [1.807, 2.05) is 0 Å². The first-order valence-electron chi connectivity index (χ1n) is 19.7. The van der Waals surface area contributed by atoms with Crippen LogP contribution in [0.5, 0.6) is 0 Å². The van der Waals surface area contributed by atoms with Gasteiger partial charge in [-0.05, 0) is 110 Å². The zero-order valence-corrected chi connectivity index (χ0v) is 34.1. The number of hydrogen-bond donors (Lipinski definition) is 0. The highest BCUT2D eigenvalue weighted by atomic mass is 31.1. The third-order valence-electron chi connectivity index (χ3n) is 12.5. The molecule has 0 nitrogen and oxygen atoms in total. The van der Waals surface area contributed by atoms with Crippen molar-refractivity contribution >= 4 is 58.9 Å². The highest BCUT2D eigenvalue weighted by Gasteiger charge is 2.48. The Balaban J connectivity index is 1.38. The third-order valence-corrected chi connectivity index (χ3v) is 20.0. The van der Waals surface area contributed by atoms with Crippen molar-refractivity contribution in [1.82, 2.24) is 0 Å². The topological polar surface area (TPSA) is 0 Å². The minimum absolute atomic E-state index is 0.123. The molecule has 0 radical (unpaired) electrons. The minimum atomic E-state index is -0.557. The fourth-order valence-electron chi connectivity index (χ4n) is 10.0. The lowest BCUT2D eigenvalue weighted by molar-refractivity contribution is 0.723. The van der Waals surface area contributed by atoms with Crippen LogP contribution in [-0.4, -0.2) is 10.3 Å². The molecule has 0 saturated carbocycles. The Bertz CT molecular complexity index is 2580. The SMILES string of the molecule is CC(C)(C)[P@]1Cc2ccc3ccccc3c2-c2c(ccc3ccccc23)[C@H]1[C@@H]1c2ccc3ccccc3c2-c2c(ccc3ccccc23)C[P@@]1C(C)(C)C. The van der Waals surface area contributed by atoms with E-state index < -0.39 is 15.8 Å². The lowest BCUT2D eigenvalue weighted by Crippen LogP contribution is -2.25. The van der Waals surface area contributed by atoms with Crippen molar-refractivity contribution in [2.24, 2.45) is 0 Å². The molecule has 266 valence electrons. The van der Waals surface area contributed by atoms with Gasteiger partial charge in [-0.15, -0.1) is 0 Å². The first-order valence-corrected chi connectivity index (χ1v) is 22.9. The molecule has 0 aliphatic carbocycles. The van der Waals surface area contributed by atoms with Crippen molar-refractivity contribution in [3.05, 3.63) is 168 Å². The highest BCUT2D eigenvalue weighted by molar-refractivity contribution is 7.63. The molecule has 0 saturated heterocycles. The highest BCUT2D eigenvalue weighted by Crippen LogP contribution is 2.79. The van der Waals surface area contributed by atoms with E-state index in [0.717, 1.165) is 12.3 Å². The van der Waals surface area contributed by atoms with Gasteiger partial charge >= 0.3 is 0 Å². The van der Waals surface area contributed by atoms with E-state index in [2.05, 4.69) is 187 Å². The van der Waals surface area contributed by atoms with Crippen molar-refractivity contribution in [2.45, 2.75) is 75.5 Å². The summed E-state index contributed by atoms with van der Waals surface area (Å²) in [5.41, 5.74) is 12.8. The van der Waals surface area contributed by atoms with Gasteiger partial charge in [0.05, 0.1) is 0 Å². The van der Waals surface area contributed by atoms with E-state index in [-0.39, 0.29) is 10.3 Å². The van der Waals surface area contributed by atoms with Gasteiger partial charge in [0.1, 0.15) is 0 Å². The molecule has 2 aliphatic heterocycles. The summed E-state index contributed by atoms with van der Waals surface area (Å²) in [7, 11) is -1.11. The number of rotatable bonds is 1. The largest absolute Gasteiger partial charge is 0.0880 e. The van der Waals surface area contributed by atoms with E-state index in [1.54, 1.807) is 11.1 Å². The average Bonchev–Trinajstić information content (AvgIpc) is 3.43. The molecule has 0 amide bonds. The maximum absolute atomic E-state index is 2.59. The maximum Gasteiger partial charge on any atom is 0.0165 e. The van der Waals surface area contributed by atoms with Crippen LogP contribution >= 0.6 is 15.8 Å². The molecule has 0 bridgehead atoms. The van der Waals surface area contributed by atoms with Crippen LogP contribution in [0.25, 0.3) is 65.3 Å². The van der Waals surface area contributed by atoms with Crippen LogP contribution in [0.15, 0.2) is 146 Å². The normalized spacial score (nSPS) is 19.9. The molecule has 10 rings (SSSR count). The zero-order valence-electron chi connectivity index (χ0n) is 32.3. The van der Waals surface area contributed by atoms with E-state index in [4.69, 9.17) is 0 Å². The molecule has 0 spiro atoms. The second-order valence-corrected chi connectivity index (χ2v) is 23.9. The summed E-state index contributed by atoms with van der Waals surface area (Å²) in [6, 6.07) is 56.5. The van der Waals surface area contributed by atoms with Gasteiger partial charge in [-0.3, -0.25) is 0 Å². The zero-order chi connectivity index (χ0) is 36.9. The van der Waals surface area contributed by atoms with Crippen molar-refractivity contribution in [1.29, 1.82) is 0 Å². The Morgan fingerprint density at radius 1 is 0.352 bits per heavy atom. The molecular weight excluding hydrogens is 687 g/mol. The van der Waals surface area contributed by atoms with Gasteiger partial charge in [-0.25, -0.2) is 0 Å². The molecule has 2 heterocycles. The van der Waals surface area contributed by atoms with Crippen molar-refractivity contribution in [3.8, 4) is 22.3 Å². The summed E-state index contributed by atoms with van der Waals surface area (Å²) >= 11 is 0. The van der Waals surface area contributed by atoms with Gasteiger partial charge in [0.2, 0.25) is 0 Å². The van der Waals surface area contributed by atoms with Crippen molar-refractivity contribution in [3.63, 3.8) is 0 Å². The van der Waals surface area contributed by atoms with E-state index in [9.17, 15) is 0 Å². The number of hydrogen-bond acceptors (Lipinski definition) is 0. The van der Waals surface area contributed by atoms with Crippen LogP contribution in [0.4, 0.5) is 0 Å². The first kappa shape index (κ1) is 34.2. The van der Waals surface area contributed by atoms with Crippen molar-refractivity contribution < 1.29 is 0 Å². The van der Waals surface area contributed by atoms with E-state index in [1.165, 1.54) is 76.5 Å². The fraction of sp³-hybridized carbons (Fsp3) is 0.231. The molecule has 0 aromatic heterocycles. The van der Waals surface area contributed by atoms with Gasteiger partial charge in [-0.2, -0.15) is 0 Å². The standard InChI is InChI=1S/C52H48P2/c1-51(2,3)53-31-37-25-23-33-15-7-11-19-39(33)45(37)47-41-21-13-9-17-35(41)27-29-43(47)49(53)50-44-30-28-36-18-10-14-22-42(36)48(44)46-38(32-54(50)52(4,5)6)26-24-34-16-8-12-20-40(34)46/h7-30,49-50H,31-32H2,1-6H3/t49-,50-,53+,54+/m0/s1. The molecule has 2 aliphatic rings. The molecule has 0 fully saturated rings.